The molecular formula is C10H11BrN2O. The topological polar surface area (TPSA) is 45.0 Å². The van der Waals surface area contributed by atoms with Gasteiger partial charge in [0, 0.05) is 12.2 Å². The normalized spacial score (nSPS) is 9.21. The van der Waals surface area contributed by atoms with Gasteiger partial charge in [-0.15, -0.1) is 0 Å². The molecule has 0 atom stereocenters. The molecule has 0 fully saturated rings. The zero-order chi connectivity index (χ0) is 10.4. The Kier molecular flexibility index (Phi) is 4.27. The third-order valence-corrected chi connectivity index (χ3v) is 2.34. The first-order chi connectivity index (χ1) is 6.77. The van der Waals surface area contributed by atoms with Crippen LogP contribution in [0.1, 0.15) is 6.42 Å². The minimum absolute atomic E-state index is 0.504. The second kappa shape index (κ2) is 5.51. The molecule has 74 valence electrons. The molecule has 0 aromatic heterocycles. The zero-order valence-corrected chi connectivity index (χ0v) is 9.47. The van der Waals surface area contributed by atoms with Gasteiger partial charge < -0.3 is 10.1 Å². The fourth-order valence-electron chi connectivity index (χ4n) is 1.04. The Labute approximate surface area is 91.8 Å². The SMILES string of the molecule is COc1ccc(NCCC#N)cc1Br. The van der Waals surface area contributed by atoms with Crippen molar-refractivity contribution < 1.29 is 4.74 Å². The molecule has 0 saturated heterocycles. The van der Waals surface area contributed by atoms with E-state index in [9.17, 15) is 0 Å². The summed E-state index contributed by atoms with van der Waals surface area (Å²) in [6.07, 6.45) is 0.504. The van der Waals surface area contributed by atoms with Crippen LogP contribution in [0.15, 0.2) is 22.7 Å². The predicted octanol–water partition coefficient (Wildman–Crippen LogP) is 2.78. The van der Waals surface area contributed by atoms with Gasteiger partial charge in [0.2, 0.25) is 0 Å². The number of methoxy groups -OCH3 is 1. The van der Waals surface area contributed by atoms with Gasteiger partial charge >= 0.3 is 0 Å². The van der Waals surface area contributed by atoms with E-state index in [-0.39, 0.29) is 0 Å². The van der Waals surface area contributed by atoms with Gasteiger partial charge in [0.25, 0.3) is 0 Å². The molecule has 1 aromatic carbocycles. The lowest BCUT2D eigenvalue weighted by Crippen LogP contribution is -2.00. The highest BCUT2D eigenvalue weighted by Gasteiger charge is 2.00. The zero-order valence-electron chi connectivity index (χ0n) is 7.88. The molecule has 0 radical (unpaired) electrons. The van der Waals surface area contributed by atoms with Crippen molar-refractivity contribution >= 4 is 21.6 Å². The summed E-state index contributed by atoms with van der Waals surface area (Å²) >= 11 is 3.39. The Bertz CT molecular complexity index is 346. The Morgan fingerprint density at radius 1 is 1.57 bits per heavy atom. The highest BCUT2D eigenvalue weighted by atomic mass is 79.9. The van der Waals surface area contributed by atoms with E-state index in [2.05, 4.69) is 27.3 Å². The Morgan fingerprint density at radius 2 is 2.36 bits per heavy atom. The van der Waals surface area contributed by atoms with Gasteiger partial charge in [0.05, 0.1) is 24.1 Å². The molecule has 0 unspecified atom stereocenters. The van der Waals surface area contributed by atoms with Crippen molar-refractivity contribution in [1.29, 1.82) is 5.26 Å². The van der Waals surface area contributed by atoms with Crippen LogP contribution in [0.4, 0.5) is 5.69 Å². The lowest BCUT2D eigenvalue weighted by Gasteiger charge is -2.07. The van der Waals surface area contributed by atoms with Crippen LogP contribution in [0.25, 0.3) is 0 Å². The van der Waals surface area contributed by atoms with E-state index in [4.69, 9.17) is 10.00 Å². The van der Waals surface area contributed by atoms with Gasteiger partial charge in [-0.2, -0.15) is 5.26 Å². The molecule has 0 saturated carbocycles. The van der Waals surface area contributed by atoms with E-state index in [0.29, 0.717) is 13.0 Å². The minimum atomic E-state index is 0.504. The summed E-state index contributed by atoms with van der Waals surface area (Å²) in [6, 6.07) is 7.79. The van der Waals surface area contributed by atoms with Gasteiger partial charge in [-0.05, 0) is 34.1 Å². The summed E-state index contributed by atoms with van der Waals surface area (Å²) in [7, 11) is 1.63. The summed E-state index contributed by atoms with van der Waals surface area (Å²) in [6.45, 7) is 0.662. The Morgan fingerprint density at radius 3 is 2.93 bits per heavy atom. The number of halogens is 1. The van der Waals surface area contributed by atoms with Crippen LogP contribution in [-0.4, -0.2) is 13.7 Å². The molecule has 0 aliphatic rings. The number of rotatable bonds is 4. The monoisotopic (exact) mass is 254 g/mol. The van der Waals surface area contributed by atoms with Crippen molar-refractivity contribution in [3.05, 3.63) is 22.7 Å². The maximum Gasteiger partial charge on any atom is 0.133 e. The summed E-state index contributed by atoms with van der Waals surface area (Å²) in [4.78, 5) is 0. The molecular weight excluding hydrogens is 244 g/mol. The number of hydrogen-bond acceptors (Lipinski definition) is 3. The third-order valence-electron chi connectivity index (χ3n) is 1.72. The second-order valence-corrected chi connectivity index (χ2v) is 3.54. The molecule has 0 amide bonds. The maximum atomic E-state index is 8.36. The number of ether oxygens (including phenoxy) is 1. The first-order valence-electron chi connectivity index (χ1n) is 4.22. The molecule has 1 rings (SSSR count). The Hall–Kier alpha value is -1.21. The average Bonchev–Trinajstić information content (AvgIpc) is 2.18. The first kappa shape index (κ1) is 10.9. The number of benzene rings is 1. The number of nitrogens with one attached hydrogen (secondary N) is 1. The highest BCUT2D eigenvalue weighted by Crippen LogP contribution is 2.27. The van der Waals surface area contributed by atoms with Crippen molar-refractivity contribution in [2.45, 2.75) is 6.42 Å². The Balaban J connectivity index is 2.63. The van der Waals surface area contributed by atoms with Crippen LogP contribution in [-0.2, 0) is 0 Å². The second-order valence-electron chi connectivity index (χ2n) is 2.68. The largest absolute Gasteiger partial charge is 0.496 e. The summed E-state index contributed by atoms with van der Waals surface area (Å²) in [5.74, 6) is 0.802. The number of nitrogens with zero attached hydrogens (tertiary/aromatic N) is 1. The standard InChI is InChI=1S/C10H11BrN2O/c1-14-10-4-3-8(7-9(10)11)13-6-2-5-12/h3-4,7,13H,2,6H2,1H3. The summed E-state index contributed by atoms with van der Waals surface area (Å²) in [5.41, 5.74) is 0.980. The minimum Gasteiger partial charge on any atom is -0.496 e. The van der Waals surface area contributed by atoms with E-state index in [1.807, 2.05) is 18.2 Å². The van der Waals surface area contributed by atoms with Crippen molar-refractivity contribution in [2.75, 3.05) is 19.0 Å². The summed E-state index contributed by atoms with van der Waals surface area (Å²) < 4.78 is 6.00. The van der Waals surface area contributed by atoms with E-state index >= 15 is 0 Å². The molecule has 1 N–H and O–H groups in total. The van der Waals surface area contributed by atoms with Crippen LogP contribution in [0.5, 0.6) is 5.75 Å². The smallest absolute Gasteiger partial charge is 0.133 e. The highest BCUT2D eigenvalue weighted by molar-refractivity contribution is 9.10. The molecule has 0 bridgehead atoms. The number of hydrogen-bond donors (Lipinski definition) is 1. The van der Waals surface area contributed by atoms with Crippen LogP contribution >= 0.6 is 15.9 Å². The molecule has 0 spiro atoms. The molecule has 1 aromatic rings. The first-order valence-corrected chi connectivity index (χ1v) is 5.01. The van der Waals surface area contributed by atoms with E-state index in [1.165, 1.54) is 0 Å². The van der Waals surface area contributed by atoms with Crippen molar-refractivity contribution in [3.8, 4) is 11.8 Å². The van der Waals surface area contributed by atoms with Gasteiger partial charge in [-0.25, -0.2) is 0 Å². The van der Waals surface area contributed by atoms with Crippen molar-refractivity contribution in [3.63, 3.8) is 0 Å². The van der Waals surface area contributed by atoms with E-state index in [1.54, 1.807) is 7.11 Å². The molecule has 4 heteroatoms. The van der Waals surface area contributed by atoms with Gasteiger partial charge in [0.1, 0.15) is 5.75 Å². The molecule has 0 aliphatic carbocycles. The quantitative estimate of drug-likeness (QED) is 0.841. The molecule has 0 heterocycles. The van der Waals surface area contributed by atoms with Gasteiger partial charge in [-0.1, -0.05) is 0 Å². The fourth-order valence-corrected chi connectivity index (χ4v) is 1.58. The fraction of sp³-hybridized carbons (Fsp3) is 0.300. The lowest BCUT2D eigenvalue weighted by atomic mass is 10.3. The van der Waals surface area contributed by atoms with Gasteiger partial charge in [-0.3, -0.25) is 0 Å². The third kappa shape index (κ3) is 2.93. The van der Waals surface area contributed by atoms with E-state index in [0.717, 1.165) is 15.9 Å². The number of anilines is 1. The van der Waals surface area contributed by atoms with E-state index < -0.39 is 0 Å². The van der Waals surface area contributed by atoms with Gasteiger partial charge in [0.15, 0.2) is 0 Å². The van der Waals surface area contributed by atoms with Crippen molar-refractivity contribution in [2.24, 2.45) is 0 Å². The molecule has 0 aliphatic heterocycles. The van der Waals surface area contributed by atoms with Crippen LogP contribution in [0, 0.1) is 11.3 Å². The lowest BCUT2D eigenvalue weighted by molar-refractivity contribution is 0.412. The van der Waals surface area contributed by atoms with Crippen LogP contribution in [0.2, 0.25) is 0 Å². The van der Waals surface area contributed by atoms with Crippen LogP contribution in [0.3, 0.4) is 0 Å². The summed E-state index contributed by atoms with van der Waals surface area (Å²) in [5, 5.41) is 11.5. The molecule has 3 nitrogen and oxygen atoms in total. The van der Waals surface area contributed by atoms with Crippen molar-refractivity contribution in [1.82, 2.24) is 0 Å². The van der Waals surface area contributed by atoms with Crippen LogP contribution < -0.4 is 10.1 Å². The number of nitriles is 1. The predicted molar refractivity (Wildman–Crippen MR) is 59.4 cm³/mol. The molecule has 14 heavy (non-hydrogen) atoms. The maximum absolute atomic E-state index is 8.36. The average molecular weight is 255 g/mol.